The molecule has 132 valence electrons. The Morgan fingerprint density at radius 2 is 1.79 bits per heavy atom. The van der Waals surface area contributed by atoms with Gasteiger partial charge in [0.1, 0.15) is 11.6 Å². The van der Waals surface area contributed by atoms with Gasteiger partial charge in [0.25, 0.3) is 0 Å². The van der Waals surface area contributed by atoms with Crippen molar-refractivity contribution in [2.24, 2.45) is 0 Å². The fraction of sp³-hybridized carbons (Fsp3) is 0.706. The molecule has 1 aromatic rings. The van der Waals surface area contributed by atoms with Gasteiger partial charge in [-0.15, -0.1) is 0 Å². The van der Waals surface area contributed by atoms with E-state index in [4.69, 9.17) is 22.2 Å². The van der Waals surface area contributed by atoms with Gasteiger partial charge in [0.2, 0.25) is 5.95 Å². The minimum absolute atomic E-state index is 0.520. The van der Waals surface area contributed by atoms with Crippen molar-refractivity contribution in [1.82, 2.24) is 15.3 Å². The summed E-state index contributed by atoms with van der Waals surface area (Å²) in [5.74, 6) is 2.61. The predicted molar refractivity (Wildman–Crippen MR) is 104 cm³/mol. The summed E-state index contributed by atoms with van der Waals surface area (Å²) in [5, 5.41) is 6.59. The highest BCUT2D eigenvalue weighted by Gasteiger charge is 2.22. The Morgan fingerprint density at radius 1 is 1.08 bits per heavy atom. The van der Waals surface area contributed by atoms with E-state index in [1.807, 2.05) is 0 Å². The zero-order chi connectivity index (χ0) is 16.9. The molecule has 2 N–H and O–H groups in total. The van der Waals surface area contributed by atoms with Gasteiger partial charge in [-0.3, -0.25) is 0 Å². The normalized spacial score (nSPS) is 21.5. The van der Waals surface area contributed by atoms with Crippen LogP contribution < -0.4 is 20.4 Å². The summed E-state index contributed by atoms with van der Waals surface area (Å²) in [7, 11) is 1.80. The van der Waals surface area contributed by atoms with Gasteiger partial charge in [-0.05, 0) is 57.7 Å². The van der Waals surface area contributed by atoms with Gasteiger partial charge >= 0.3 is 0 Å². The number of piperidine rings is 2. The van der Waals surface area contributed by atoms with Crippen LogP contribution in [0.15, 0.2) is 6.07 Å². The molecule has 2 aliphatic heterocycles. The Balaban J connectivity index is 1.90. The quantitative estimate of drug-likeness (QED) is 0.815. The topological polar surface area (TPSA) is 56.3 Å². The van der Waals surface area contributed by atoms with E-state index in [9.17, 15) is 0 Å². The van der Waals surface area contributed by atoms with Gasteiger partial charge in [-0.1, -0.05) is 0 Å². The van der Waals surface area contributed by atoms with Crippen LogP contribution in [0.25, 0.3) is 0 Å². The minimum Gasteiger partial charge on any atom is -0.365 e. The smallest absolute Gasteiger partial charge is 0.232 e. The van der Waals surface area contributed by atoms with Crippen LogP contribution in [-0.2, 0) is 0 Å². The molecular weight excluding hydrogens is 320 g/mol. The molecule has 0 radical (unpaired) electrons. The zero-order valence-electron chi connectivity index (χ0n) is 14.7. The highest BCUT2D eigenvalue weighted by atomic mass is 32.1. The summed E-state index contributed by atoms with van der Waals surface area (Å²) in [6.45, 7) is 5.49. The lowest BCUT2D eigenvalue weighted by Gasteiger charge is -2.35. The summed E-state index contributed by atoms with van der Waals surface area (Å²) in [5.41, 5.74) is 0. The monoisotopic (exact) mass is 348 g/mol. The van der Waals surface area contributed by atoms with Crippen molar-refractivity contribution < 1.29 is 0 Å². The van der Waals surface area contributed by atoms with E-state index in [1.54, 1.807) is 7.05 Å². The van der Waals surface area contributed by atoms with E-state index in [2.05, 4.69) is 33.4 Å². The number of nitrogens with one attached hydrogen (secondary N) is 2. The van der Waals surface area contributed by atoms with Gasteiger partial charge in [0.05, 0.1) is 0 Å². The van der Waals surface area contributed by atoms with Crippen LogP contribution in [0, 0.1) is 0 Å². The largest absolute Gasteiger partial charge is 0.365 e. The molecule has 0 amide bonds. The third-order valence-corrected chi connectivity index (χ3v) is 5.23. The van der Waals surface area contributed by atoms with Crippen LogP contribution in [0.4, 0.5) is 17.6 Å². The minimum atomic E-state index is 0.520. The molecule has 0 aliphatic carbocycles. The van der Waals surface area contributed by atoms with Crippen molar-refractivity contribution in [3.63, 3.8) is 0 Å². The lowest BCUT2D eigenvalue weighted by Crippen LogP contribution is -2.39. The molecule has 0 unspecified atom stereocenters. The first-order valence-electron chi connectivity index (χ1n) is 9.07. The molecule has 1 atom stereocenters. The molecule has 3 heterocycles. The molecule has 24 heavy (non-hydrogen) atoms. The highest BCUT2D eigenvalue weighted by Crippen LogP contribution is 2.28. The second-order valence-corrected chi connectivity index (χ2v) is 7.11. The van der Waals surface area contributed by atoms with Gasteiger partial charge in [-0.2, -0.15) is 9.97 Å². The molecule has 0 saturated carbocycles. The summed E-state index contributed by atoms with van der Waals surface area (Å²) in [4.78, 5) is 14.2. The predicted octanol–water partition coefficient (Wildman–Crippen LogP) is 2.76. The van der Waals surface area contributed by atoms with Crippen LogP contribution in [-0.4, -0.2) is 47.8 Å². The molecule has 0 spiro atoms. The number of nitrogens with zero attached hydrogens (tertiary/aromatic N) is 4. The Kier molecular flexibility index (Phi) is 5.71. The SMILES string of the molecule is CNC(=S)Nc1nc(N2CCCCC2)cc(N2CCCC[C@H]2C)n1. The summed E-state index contributed by atoms with van der Waals surface area (Å²) < 4.78 is 0. The van der Waals surface area contributed by atoms with E-state index in [0.29, 0.717) is 17.1 Å². The van der Waals surface area contributed by atoms with Crippen LogP contribution in [0.1, 0.15) is 45.4 Å². The standard InChI is InChI=1S/C17H28N6S/c1-13-8-4-7-11-23(13)15-12-14(22-9-5-3-6-10-22)19-16(20-15)21-17(24)18-2/h12-13H,3-11H2,1-2H3,(H2,18,19,20,21,24)/t13-/m1/s1. The third-order valence-electron chi connectivity index (χ3n) is 4.93. The van der Waals surface area contributed by atoms with Crippen LogP contribution >= 0.6 is 12.2 Å². The molecule has 7 heteroatoms. The first kappa shape index (κ1) is 17.2. The number of hydrogen-bond acceptors (Lipinski definition) is 5. The number of aromatic nitrogens is 2. The molecule has 0 aromatic carbocycles. The van der Waals surface area contributed by atoms with Crippen molar-refractivity contribution in [3.05, 3.63) is 6.07 Å². The van der Waals surface area contributed by atoms with Crippen LogP contribution in [0.2, 0.25) is 0 Å². The highest BCUT2D eigenvalue weighted by molar-refractivity contribution is 7.80. The summed E-state index contributed by atoms with van der Waals surface area (Å²) in [6.07, 6.45) is 7.53. The fourth-order valence-corrected chi connectivity index (χ4v) is 3.60. The number of anilines is 3. The number of thiocarbonyl (C=S) groups is 1. The van der Waals surface area contributed by atoms with E-state index < -0.39 is 0 Å². The van der Waals surface area contributed by atoms with Crippen LogP contribution in [0.3, 0.4) is 0 Å². The van der Waals surface area contributed by atoms with E-state index in [1.165, 1.54) is 38.5 Å². The summed E-state index contributed by atoms with van der Waals surface area (Å²) >= 11 is 5.23. The lowest BCUT2D eigenvalue weighted by molar-refractivity contribution is 0.481. The first-order valence-corrected chi connectivity index (χ1v) is 9.47. The maximum Gasteiger partial charge on any atom is 0.232 e. The Labute approximate surface area is 150 Å². The van der Waals surface area contributed by atoms with Crippen molar-refractivity contribution >= 4 is 34.9 Å². The van der Waals surface area contributed by atoms with Crippen molar-refractivity contribution in [3.8, 4) is 0 Å². The van der Waals surface area contributed by atoms with Gasteiger partial charge in [0.15, 0.2) is 5.11 Å². The molecule has 3 rings (SSSR count). The zero-order valence-corrected chi connectivity index (χ0v) is 15.5. The number of hydrogen-bond donors (Lipinski definition) is 2. The maximum absolute atomic E-state index is 5.23. The lowest BCUT2D eigenvalue weighted by atomic mass is 10.0. The van der Waals surface area contributed by atoms with Crippen molar-refractivity contribution in [2.75, 3.05) is 41.8 Å². The molecule has 0 bridgehead atoms. The molecule has 1 aromatic heterocycles. The Bertz CT molecular complexity index is 572. The van der Waals surface area contributed by atoms with Gasteiger partial charge in [-0.25, -0.2) is 0 Å². The summed E-state index contributed by atoms with van der Waals surface area (Å²) in [6, 6.07) is 2.67. The molecule has 6 nitrogen and oxygen atoms in total. The average molecular weight is 349 g/mol. The molecule has 2 fully saturated rings. The molecule has 2 aliphatic rings. The van der Waals surface area contributed by atoms with E-state index >= 15 is 0 Å². The van der Waals surface area contributed by atoms with Crippen molar-refractivity contribution in [2.45, 2.75) is 51.5 Å². The van der Waals surface area contributed by atoms with E-state index in [0.717, 1.165) is 31.3 Å². The van der Waals surface area contributed by atoms with E-state index in [-0.39, 0.29) is 0 Å². The fourth-order valence-electron chi connectivity index (χ4n) is 3.51. The van der Waals surface area contributed by atoms with Crippen molar-refractivity contribution in [1.29, 1.82) is 0 Å². The third kappa shape index (κ3) is 4.06. The maximum atomic E-state index is 5.23. The van der Waals surface area contributed by atoms with Gasteiger partial charge < -0.3 is 20.4 Å². The molecular formula is C17H28N6S. The Hall–Kier alpha value is -1.63. The van der Waals surface area contributed by atoms with Gasteiger partial charge in [0, 0.05) is 38.8 Å². The number of rotatable bonds is 3. The second kappa shape index (κ2) is 7.96. The second-order valence-electron chi connectivity index (χ2n) is 6.70. The first-order chi connectivity index (χ1) is 11.7. The average Bonchev–Trinajstić information content (AvgIpc) is 2.62. The van der Waals surface area contributed by atoms with Crippen LogP contribution in [0.5, 0.6) is 0 Å². The Morgan fingerprint density at radius 3 is 2.50 bits per heavy atom. The molecule has 2 saturated heterocycles.